The summed E-state index contributed by atoms with van der Waals surface area (Å²) in [5, 5.41) is 6.04. The molecule has 0 saturated heterocycles. The summed E-state index contributed by atoms with van der Waals surface area (Å²) in [7, 11) is -5.05. The molecule has 2 aromatic rings. The van der Waals surface area contributed by atoms with Crippen molar-refractivity contribution >= 4 is 15.9 Å². The van der Waals surface area contributed by atoms with E-state index in [9.17, 15) is 39.6 Å². The predicted octanol–water partition coefficient (Wildman–Crippen LogP) is 5.37. The van der Waals surface area contributed by atoms with Crippen molar-refractivity contribution in [2.75, 3.05) is 6.61 Å². The van der Waals surface area contributed by atoms with Crippen LogP contribution in [-0.2, 0) is 27.5 Å². The molecular weight excluding hydrogens is 576 g/mol. The maximum atomic E-state index is 13.8. The van der Waals surface area contributed by atoms with Crippen LogP contribution in [0.4, 0.5) is 26.3 Å². The highest BCUT2D eigenvalue weighted by Gasteiger charge is 2.44. The normalized spacial score (nSPS) is 19.2. The number of benzene rings is 2. The number of sulfonamides is 1. The average Bonchev–Trinajstić information content (AvgIpc) is 2.91. The summed E-state index contributed by atoms with van der Waals surface area (Å²) >= 11 is 0. The van der Waals surface area contributed by atoms with Crippen LogP contribution in [0.2, 0.25) is 0 Å². The summed E-state index contributed by atoms with van der Waals surface area (Å²) in [6.07, 6.45) is -5.27. The number of halogens is 6. The van der Waals surface area contributed by atoms with E-state index in [0.717, 1.165) is 30.5 Å². The number of hydrogen-bond acceptors (Lipinski definition) is 5. The minimum atomic E-state index is -5.19. The number of nitrogens with one attached hydrogen (secondary N) is 3. The summed E-state index contributed by atoms with van der Waals surface area (Å²) < 4.78 is 112. The highest BCUT2D eigenvalue weighted by molar-refractivity contribution is 7.89. The van der Waals surface area contributed by atoms with E-state index in [4.69, 9.17) is 4.74 Å². The van der Waals surface area contributed by atoms with Crippen LogP contribution in [0.1, 0.15) is 67.7 Å². The van der Waals surface area contributed by atoms with Crippen molar-refractivity contribution in [1.82, 2.24) is 15.4 Å². The maximum Gasteiger partial charge on any atom is 0.416 e. The van der Waals surface area contributed by atoms with Gasteiger partial charge in [0.2, 0.25) is 15.9 Å². The van der Waals surface area contributed by atoms with Crippen molar-refractivity contribution in [1.29, 1.82) is 0 Å². The maximum absolute atomic E-state index is 13.8. The van der Waals surface area contributed by atoms with E-state index in [-0.39, 0.29) is 19.1 Å². The van der Waals surface area contributed by atoms with Crippen LogP contribution in [0, 0.1) is 0 Å². The van der Waals surface area contributed by atoms with Crippen LogP contribution in [0.5, 0.6) is 5.75 Å². The lowest BCUT2D eigenvalue weighted by atomic mass is 9.95. The second-order valence-electron chi connectivity index (χ2n) is 10.3. The van der Waals surface area contributed by atoms with E-state index >= 15 is 0 Å². The molecule has 1 aliphatic carbocycles. The number of fused-ring (bicyclic) bond motifs is 1. The zero-order valence-corrected chi connectivity index (χ0v) is 22.8. The highest BCUT2D eigenvalue weighted by atomic mass is 32.2. The van der Waals surface area contributed by atoms with Gasteiger partial charge in [0.25, 0.3) is 0 Å². The van der Waals surface area contributed by atoms with Gasteiger partial charge in [0.1, 0.15) is 11.8 Å². The van der Waals surface area contributed by atoms with Gasteiger partial charge in [-0.1, -0.05) is 37.5 Å². The first kappa shape index (κ1) is 31.1. The fraction of sp³-hybridized carbons (Fsp3) is 0.519. The largest absolute Gasteiger partial charge is 0.493 e. The smallest absolute Gasteiger partial charge is 0.416 e. The molecule has 0 aromatic heterocycles. The van der Waals surface area contributed by atoms with E-state index in [0.29, 0.717) is 30.0 Å². The number of carbonyl (C=O) groups is 1. The molecule has 2 aromatic carbocycles. The lowest BCUT2D eigenvalue weighted by molar-refractivity contribution is -0.158. The van der Waals surface area contributed by atoms with E-state index < -0.39 is 57.2 Å². The molecule has 1 heterocycles. The zero-order valence-electron chi connectivity index (χ0n) is 21.9. The Labute approximate surface area is 234 Å². The summed E-state index contributed by atoms with van der Waals surface area (Å²) in [4.78, 5) is 11.7. The SMILES string of the molecule is O=C(C[C@H](NS(=O)(=O)c1cccc(C(F)(F)F)c1)C(F)(F)F)N[C@@H]1CCOc2cc(CNC3CCCCC3)ccc21. The van der Waals surface area contributed by atoms with Gasteiger partial charge in [0, 0.05) is 24.6 Å². The van der Waals surface area contributed by atoms with Crippen LogP contribution in [0.25, 0.3) is 0 Å². The number of hydrogen-bond donors (Lipinski definition) is 3. The molecule has 3 N–H and O–H groups in total. The van der Waals surface area contributed by atoms with Crippen molar-refractivity contribution in [3.05, 3.63) is 59.2 Å². The van der Waals surface area contributed by atoms with Gasteiger partial charge in [0.05, 0.1) is 29.5 Å². The number of ether oxygens (including phenoxy) is 1. The van der Waals surface area contributed by atoms with Crippen molar-refractivity contribution in [2.24, 2.45) is 0 Å². The second kappa shape index (κ2) is 12.6. The first-order valence-corrected chi connectivity index (χ1v) is 14.8. The van der Waals surface area contributed by atoms with Gasteiger partial charge in [-0.15, -0.1) is 0 Å². The molecule has 4 rings (SSSR count). The summed E-state index contributed by atoms with van der Waals surface area (Å²) in [6, 6.07) is 4.67. The Bertz CT molecular complexity index is 1330. The van der Waals surface area contributed by atoms with E-state index in [1.165, 1.54) is 24.0 Å². The Morgan fingerprint density at radius 2 is 1.71 bits per heavy atom. The zero-order chi connectivity index (χ0) is 29.8. The van der Waals surface area contributed by atoms with Gasteiger partial charge in [-0.05, 0) is 42.7 Å². The van der Waals surface area contributed by atoms with Crippen LogP contribution >= 0.6 is 0 Å². The van der Waals surface area contributed by atoms with Crippen molar-refractivity contribution in [2.45, 2.75) is 86.9 Å². The van der Waals surface area contributed by atoms with Gasteiger partial charge in [-0.3, -0.25) is 4.79 Å². The van der Waals surface area contributed by atoms with Gasteiger partial charge >= 0.3 is 12.4 Å². The highest BCUT2D eigenvalue weighted by Crippen LogP contribution is 2.34. The minimum absolute atomic E-state index is 0.211. The van der Waals surface area contributed by atoms with Crippen LogP contribution in [0.15, 0.2) is 47.4 Å². The molecule has 1 aliphatic heterocycles. The third-order valence-corrected chi connectivity index (χ3v) is 8.68. The van der Waals surface area contributed by atoms with Gasteiger partial charge in [-0.25, -0.2) is 8.42 Å². The van der Waals surface area contributed by atoms with Gasteiger partial charge in [0.15, 0.2) is 0 Å². The number of amides is 1. The third-order valence-electron chi connectivity index (χ3n) is 7.21. The summed E-state index contributed by atoms with van der Waals surface area (Å²) in [5.41, 5.74) is 0.203. The van der Waals surface area contributed by atoms with Crippen molar-refractivity contribution < 1.29 is 44.3 Å². The monoisotopic (exact) mass is 607 g/mol. The van der Waals surface area contributed by atoms with E-state index in [1.807, 2.05) is 12.1 Å². The molecule has 7 nitrogen and oxygen atoms in total. The lowest BCUT2D eigenvalue weighted by Gasteiger charge is -2.29. The Kier molecular flexibility index (Phi) is 9.54. The Hall–Kier alpha value is -2.84. The molecule has 226 valence electrons. The molecule has 1 saturated carbocycles. The first-order chi connectivity index (χ1) is 19.2. The summed E-state index contributed by atoms with van der Waals surface area (Å²) in [5.74, 6) is -0.581. The standard InChI is InChI=1S/C27H31F6N3O4S/c28-26(29,30)18-5-4-8-20(14-18)41(38,39)36-24(27(31,32)33)15-25(37)35-22-11-12-40-23-13-17(9-10-21(22)23)16-34-19-6-2-1-3-7-19/h4-5,8-10,13-14,19,22,24,34,36H,1-3,6-7,11-12,15-16H2,(H,35,37)/t22-,24+/m1/s1. The Morgan fingerprint density at radius 1 is 0.976 bits per heavy atom. The molecule has 1 fully saturated rings. The molecular formula is C27H31F6N3O4S. The Morgan fingerprint density at radius 3 is 2.39 bits per heavy atom. The second-order valence-corrected chi connectivity index (χ2v) is 12.0. The van der Waals surface area contributed by atoms with E-state index in [2.05, 4.69) is 10.6 Å². The number of carbonyl (C=O) groups excluding carboxylic acids is 1. The molecule has 41 heavy (non-hydrogen) atoms. The number of rotatable bonds is 9. The number of alkyl halides is 6. The molecule has 0 unspecified atom stereocenters. The topological polar surface area (TPSA) is 96.5 Å². The Balaban J connectivity index is 1.41. The molecule has 1 amide bonds. The fourth-order valence-corrected chi connectivity index (χ4v) is 6.29. The molecule has 0 spiro atoms. The molecule has 2 aliphatic rings. The third kappa shape index (κ3) is 8.35. The average molecular weight is 608 g/mol. The van der Waals surface area contributed by atoms with Crippen molar-refractivity contribution in [3.63, 3.8) is 0 Å². The summed E-state index contributed by atoms with van der Waals surface area (Å²) in [6.45, 7) is 0.833. The van der Waals surface area contributed by atoms with E-state index in [1.54, 1.807) is 6.07 Å². The molecule has 14 heteroatoms. The van der Waals surface area contributed by atoms with Gasteiger partial charge < -0.3 is 15.4 Å². The van der Waals surface area contributed by atoms with Crippen LogP contribution in [-0.4, -0.2) is 39.2 Å². The quantitative estimate of drug-likeness (QED) is 0.334. The predicted molar refractivity (Wildman–Crippen MR) is 137 cm³/mol. The van der Waals surface area contributed by atoms with Crippen LogP contribution < -0.4 is 20.1 Å². The van der Waals surface area contributed by atoms with Crippen LogP contribution in [0.3, 0.4) is 0 Å². The first-order valence-electron chi connectivity index (χ1n) is 13.3. The van der Waals surface area contributed by atoms with Gasteiger partial charge in [-0.2, -0.15) is 31.1 Å². The lowest BCUT2D eigenvalue weighted by Crippen LogP contribution is -2.48. The molecule has 0 bridgehead atoms. The minimum Gasteiger partial charge on any atom is -0.493 e. The molecule has 0 radical (unpaired) electrons. The fourth-order valence-electron chi connectivity index (χ4n) is 5.02. The van der Waals surface area contributed by atoms with Crippen molar-refractivity contribution in [3.8, 4) is 5.75 Å². The molecule has 2 atom stereocenters.